The maximum absolute atomic E-state index is 14.1. The fraction of sp³-hybridized carbons (Fsp3) is 0.526. The molecule has 0 radical (unpaired) electrons. The maximum Gasteiger partial charge on any atom is 0.241 e. The number of anilines is 2. The van der Waals surface area contributed by atoms with E-state index in [9.17, 15) is 22.3 Å². The number of hydrogen-bond acceptors (Lipinski definition) is 7. The SMILES string of the molecule is CC(C)CC(CO)Nc1nc(CC(C)c2ccc(F)cc2F)nc(NS(C)(=O)=O)n1. The van der Waals surface area contributed by atoms with E-state index in [1.54, 1.807) is 6.92 Å². The Bertz CT molecular complexity index is 973. The van der Waals surface area contributed by atoms with Crippen LogP contribution in [0.2, 0.25) is 0 Å². The van der Waals surface area contributed by atoms with Gasteiger partial charge in [0.15, 0.2) is 0 Å². The van der Waals surface area contributed by atoms with Gasteiger partial charge in [-0.2, -0.15) is 15.0 Å². The minimum absolute atomic E-state index is 0.0950. The van der Waals surface area contributed by atoms with Crippen molar-refractivity contribution in [3.8, 4) is 0 Å². The van der Waals surface area contributed by atoms with Gasteiger partial charge in [-0.1, -0.05) is 26.8 Å². The van der Waals surface area contributed by atoms with Crippen molar-refractivity contribution in [1.82, 2.24) is 15.0 Å². The number of nitrogens with zero attached hydrogens (tertiary/aromatic N) is 3. The first-order valence-electron chi connectivity index (χ1n) is 9.52. The highest BCUT2D eigenvalue weighted by atomic mass is 32.2. The second kappa shape index (κ2) is 10.1. The van der Waals surface area contributed by atoms with Crippen LogP contribution in [-0.4, -0.2) is 47.4 Å². The smallest absolute Gasteiger partial charge is 0.241 e. The van der Waals surface area contributed by atoms with E-state index in [-0.39, 0.29) is 42.4 Å². The van der Waals surface area contributed by atoms with Gasteiger partial charge in [-0.05, 0) is 29.9 Å². The van der Waals surface area contributed by atoms with Crippen molar-refractivity contribution in [2.45, 2.75) is 45.6 Å². The van der Waals surface area contributed by atoms with E-state index in [0.29, 0.717) is 12.3 Å². The summed E-state index contributed by atoms with van der Waals surface area (Å²) in [5, 5.41) is 12.6. The monoisotopic (exact) mass is 443 g/mol. The van der Waals surface area contributed by atoms with E-state index in [2.05, 4.69) is 25.0 Å². The summed E-state index contributed by atoms with van der Waals surface area (Å²) < 4.78 is 52.7. The van der Waals surface area contributed by atoms with Gasteiger partial charge in [0.2, 0.25) is 21.9 Å². The van der Waals surface area contributed by atoms with E-state index in [0.717, 1.165) is 12.3 Å². The standard InChI is InChI=1S/C19H27F2N5O3S/c1-11(2)7-14(10-27)22-18-23-17(24-19(25-18)26-30(4,28)29)8-12(3)15-6-5-13(20)9-16(15)21/h5-6,9,11-12,14,27H,7-8,10H2,1-4H3,(H2,22,23,24,25,26). The molecule has 0 saturated carbocycles. The normalized spacial score (nSPS) is 13.9. The zero-order valence-corrected chi connectivity index (χ0v) is 18.2. The van der Waals surface area contributed by atoms with Crippen molar-refractivity contribution in [2.24, 2.45) is 5.92 Å². The molecule has 0 saturated heterocycles. The van der Waals surface area contributed by atoms with Crippen molar-refractivity contribution in [3.63, 3.8) is 0 Å². The molecule has 2 aromatic rings. The van der Waals surface area contributed by atoms with Gasteiger partial charge in [-0.15, -0.1) is 0 Å². The first-order valence-corrected chi connectivity index (χ1v) is 11.4. The molecule has 2 rings (SSSR count). The molecule has 11 heteroatoms. The van der Waals surface area contributed by atoms with Gasteiger partial charge >= 0.3 is 0 Å². The number of benzene rings is 1. The van der Waals surface area contributed by atoms with Crippen LogP contribution in [0.25, 0.3) is 0 Å². The first-order chi connectivity index (χ1) is 14.0. The summed E-state index contributed by atoms with van der Waals surface area (Å²) in [7, 11) is -3.64. The van der Waals surface area contributed by atoms with E-state index >= 15 is 0 Å². The lowest BCUT2D eigenvalue weighted by atomic mass is 9.97. The molecule has 3 N–H and O–H groups in total. The summed E-state index contributed by atoms with van der Waals surface area (Å²) in [4.78, 5) is 12.5. The van der Waals surface area contributed by atoms with Crippen LogP contribution in [0, 0.1) is 17.6 Å². The number of rotatable bonds is 10. The molecule has 0 fully saturated rings. The van der Waals surface area contributed by atoms with E-state index < -0.39 is 27.6 Å². The number of hydrogen-bond donors (Lipinski definition) is 3. The van der Waals surface area contributed by atoms with Gasteiger partial charge in [0.1, 0.15) is 17.5 Å². The largest absolute Gasteiger partial charge is 0.394 e. The van der Waals surface area contributed by atoms with Crippen LogP contribution in [0.5, 0.6) is 0 Å². The summed E-state index contributed by atoms with van der Waals surface area (Å²) in [5.41, 5.74) is 0.289. The number of aliphatic hydroxyl groups is 1. The number of aromatic nitrogens is 3. The van der Waals surface area contributed by atoms with Crippen molar-refractivity contribution in [2.75, 3.05) is 22.9 Å². The highest BCUT2D eigenvalue weighted by molar-refractivity contribution is 7.91. The summed E-state index contributed by atoms with van der Waals surface area (Å²) in [6.45, 7) is 5.56. The Morgan fingerprint density at radius 1 is 1.10 bits per heavy atom. The lowest BCUT2D eigenvalue weighted by Crippen LogP contribution is -2.27. The number of aliphatic hydroxyl groups excluding tert-OH is 1. The van der Waals surface area contributed by atoms with Gasteiger partial charge in [0.05, 0.1) is 18.9 Å². The molecule has 0 bridgehead atoms. The molecule has 0 amide bonds. The predicted molar refractivity (Wildman–Crippen MR) is 111 cm³/mol. The molecule has 1 heterocycles. The Labute approximate surface area is 175 Å². The second-order valence-electron chi connectivity index (χ2n) is 7.70. The lowest BCUT2D eigenvalue weighted by molar-refractivity contribution is 0.259. The van der Waals surface area contributed by atoms with Gasteiger partial charge in [-0.3, -0.25) is 4.72 Å². The van der Waals surface area contributed by atoms with Crippen LogP contribution in [0.15, 0.2) is 18.2 Å². The van der Waals surface area contributed by atoms with Crippen molar-refractivity contribution >= 4 is 21.9 Å². The first kappa shape index (κ1) is 23.9. The lowest BCUT2D eigenvalue weighted by Gasteiger charge is -2.19. The highest BCUT2D eigenvalue weighted by Crippen LogP contribution is 2.23. The molecule has 2 unspecified atom stereocenters. The van der Waals surface area contributed by atoms with Crippen LogP contribution >= 0.6 is 0 Å². The minimum Gasteiger partial charge on any atom is -0.394 e. The minimum atomic E-state index is -3.64. The molecular formula is C19H27F2N5O3S. The molecule has 0 spiro atoms. The summed E-state index contributed by atoms with van der Waals surface area (Å²) >= 11 is 0. The fourth-order valence-electron chi connectivity index (χ4n) is 3.00. The molecule has 1 aromatic heterocycles. The van der Waals surface area contributed by atoms with Gasteiger partial charge in [0.25, 0.3) is 0 Å². The highest BCUT2D eigenvalue weighted by Gasteiger charge is 2.18. The Morgan fingerprint density at radius 3 is 2.33 bits per heavy atom. The van der Waals surface area contributed by atoms with Crippen LogP contribution in [0.3, 0.4) is 0 Å². The summed E-state index contributed by atoms with van der Waals surface area (Å²) in [6, 6.07) is 3.00. The number of nitrogens with one attached hydrogen (secondary N) is 2. The Kier molecular flexibility index (Phi) is 8.02. The topological polar surface area (TPSA) is 117 Å². The molecule has 8 nitrogen and oxygen atoms in total. The molecule has 0 aliphatic heterocycles. The third kappa shape index (κ3) is 7.45. The van der Waals surface area contributed by atoms with Crippen molar-refractivity contribution < 1.29 is 22.3 Å². The summed E-state index contributed by atoms with van der Waals surface area (Å²) in [6.07, 6.45) is 1.77. The Morgan fingerprint density at radius 2 is 1.77 bits per heavy atom. The van der Waals surface area contributed by atoms with Crippen LogP contribution in [0.1, 0.15) is 44.5 Å². The molecular weight excluding hydrogens is 416 g/mol. The van der Waals surface area contributed by atoms with Crippen LogP contribution < -0.4 is 10.0 Å². The fourth-order valence-corrected chi connectivity index (χ4v) is 3.43. The average molecular weight is 444 g/mol. The van der Waals surface area contributed by atoms with Crippen molar-refractivity contribution in [1.29, 1.82) is 0 Å². The van der Waals surface area contributed by atoms with Crippen LogP contribution in [0.4, 0.5) is 20.7 Å². The van der Waals surface area contributed by atoms with E-state index in [1.165, 1.54) is 12.1 Å². The maximum atomic E-state index is 14.1. The number of sulfonamides is 1. The zero-order chi connectivity index (χ0) is 22.5. The molecule has 1 aromatic carbocycles. The van der Waals surface area contributed by atoms with E-state index in [4.69, 9.17) is 0 Å². The second-order valence-corrected chi connectivity index (χ2v) is 9.45. The third-order valence-corrected chi connectivity index (χ3v) is 4.80. The summed E-state index contributed by atoms with van der Waals surface area (Å²) in [5.74, 6) is -1.33. The molecule has 166 valence electrons. The Balaban J connectivity index is 2.33. The van der Waals surface area contributed by atoms with Gasteiger partial charge in [-0.25, -0.2) is 17.2 Å². The molecule has 0 aliphatic carbocycles. The van der Waals surface area contributed by atoms with Gasteiger partial charge in [0, 0.05) is 12.5 Å². The number of halogens is 2. The van der Waals surface area contributed by atoms with Crippen LogP contribution in [-0.2, 0) is 16.4 Å². The quantitative estimate of drug-likeness (QED) is 0.517. The average Bonchev–Trinajstić information content (AvgIpc) is 2.58. The van der Waals surface area contributed by atoms with Crippen molar-refractivity contribution in [3.05, 3.63) is 41.2 Å². The van der Waals surface area contributed by atoms with E-state index in [1.807, 2.05) is 13.8 Å². The molecule has 2 atom stereocenters. The molecule has 0 aliphatic rings. The Hall–Kier alpha value is -2.40. The van der Waals surface area contributed by atoms with Gasteiger partial charge < -0.3 is 10.4 Å². The molecule has 30 heavy (non-hydrogen) atoms. The predicted octanol–water partition coefficient (Wildman–Crippen LogP) is 2.69. The third-order valence-electron chi connectivity index (χ3n) is 4.25. The zero-order valence-electron chi connectivity index (χ0n) is 17.4.